The van der Waals surface area contributed by atoms with E-state index in [-0.39, 0.29) is 6.61 Å². The van der Waals surface area contributed by atoms with E-state index in [9.17, 15) is 5.11 Å². The third kappa shape index (κ3) is 4.31. The van der Waals surface area contributed by atoms with Crippen LogP contribution in [0.25, 0.3) is 0 Å². The lowest BCUT2D eigenvalue weighted by Gasteiger charge is -2.41. The van der Waals surface area contributed by atoms with Crippen molar-refractivity contribution in [2.24, 2.45) is 0 Å². The predicted octanol–water partition coefficient (Wildman–Crippen LogP) is 3.15. The van der Waals surface area contributed by atoms with Gasteiger partial charge in [-0.1, -0.05) is 0 Å². The summed E-state index contributed by atoms with van der Waals surface area (Å²) in [6.45, 7) is 5.46. The van der Waals surface area contributed by atoms with Crippen molar-refractivity contribution in [2.45, 2.75) is 51.2 Å². The van der Waals surface area contributed by atoms with Crippen molar-refractivity contribution in [3.05, 3.63) is 38.0 Å². The molecule has 0 bridgehead atoms. The molecule has 4 nitrogen and oxygen atoms in total. The van der Waals surface area contributed by atoms with E-state index >= 15 is 0 Å². The van der Waals surface area contributed by atoms with E-state index in [4.69, 9.17) is 4.98 Å². The third-order valence-electron chi connectivity index (χ3n) is 5.37. The highest BCUT2D eigenvalue weighted by Gasteiger charge is 2.27. The molecule has 1 N–H and O–H groups in total. The highest BCUT2D eigenvalue weighted by atomic mass is 32.1. The first-order chi connectivity index (χ1) is 12.3. The van der Waals surface area contributed by atoms with E-state index in [1.54, 1.807) is 11.3 Å². The van der Waals surface area contributed by atoms with Gasteiger partial charge in [0.25, 0.3) is 0 Å². The maximum Gasteiger partial charge on any atom is 0.107 e. The second kappa shape index (κ2) is 8.27. The largest absolute Gasteiger partial charge is 0.396 e. The maximum atomic E-state index is 9.50. The summed E-state index contributed by atoms with van der Waals surface area (Å²) >= 11 is 3.70. The van der Waals surface area contributed by atoms with Crippen LogP contribution in [0.15, 0.2) is 16.8 Å². The van der Waals surface area contributed by atoms with E-state index in [0.717, 1.165) is 39.1 Å². The van der Waals surface area contributed by atoms with Gasteiger partial charge in [-0.3, -0.25) is 9.80 Å². The van der Waals surface area contributed by atoms with Crippen molar-refractivity contribution >= 4 is 22.7 Å². The Morgan fingerprint density at radius 2 is 2.12 bits per heavy atom. The van der Waals surface area contributed by atoms with Crippen molar-refractivity contribution in [1.29, 1.82) is 0 Å². The Bertz CT molecular complexity index is 647. The lowest BCUT2D eigenvalue weighted by Crippen LogP contribution is -2.52. The van der Waals surface area contributed by atoms with Gasteiger partial charge in [0.15, 0.2) is 0 Å². The minimum absolute atomic E-state index is 0.268. The molecule has 25 heavy (non-hydrogen) atoms. The van der Waals surface area contributed by atoms with Crippen LogP contribution in [-0.4, -0.2) is 52.2 Å². The molecule has 2 aromatic heterocycles. The van der Waals surface area contributed by atoms with Crippen LogP contribution in [-0.2, 0) is 25.9 Å². The number of aromatic nitrogens is 1. The number of aliphatic hydroxyl groups is 1. The average molecular weight is 378 g/mol. The molecule has 1 saturated heterocycles. The SMILES string of the molecule is OCCC1CN(Cc2nc3c(s2)CCCC3)CCN1Cc1ccsc1. The highest BCUT2D eigenvalue weighted by Crippen LogP contribution is 2.28. The molecule has 1 aliphatic carbocycles. The van der Waals surface area contributed by atoms with Crippen LogP contribution in [0, 0.1) is 0 Å². The molecular weight excluding hydrogens is 350 g/mol. The van der Waals surface area contributed by atoms with Crippen molar-refractivity contribution in [3.8, 4) is 0 Å². The van der Waals surface area contributed by atoms with E-state index in [1.807, 2.05) is 11.3 Å². The van der Waals surface area contributed by atoms with Crippen LogP contribution in [0.4, 0.5) is 0 Å². The normalized spacial score (nSPS) is 22.2. The van der Waals surface area contributed by atoms with Gasteiger partial charge in [0.1, 0.15) is 5.01 Å². The smallest absolute Gasteiger partial charge is 0.107 e. The number of nitrogens with zero attached hydrogens (tertiary/aromatic N) is 3. The number of piperazine rings is 1. The monoisotopic (exact) mass is 377 g/mol. The topological polar surface area (TPSA) is 39.6 Å². The van der Waals surface area contributed by atoms with Gasteiger partial charge in [0.05, 0.1) is 12.2 Å². The predicted molar refractivity (Wildman–Crippen MR) is 104 cm³/mol. The van der Waals surface area contributed by atoms with E-state index in [0.29, 0.717) is 6.04 Å². The van der Waals surface area contributed by atoms with Gasteiger partial charge in [-0.15, -0.1) is 11.3 Å². The zero-order valence-corrected chi connectivity index (χ0v) is 16.3. The first-order valence-corrected chi connectivity index (χ1v) is 11.1. The number of aliphatic hydroxyl groups excluding tert-OH is 1. The Hall–Kier alpha value is -0.790. The number of hydrogen-bond acceptors (Lipinski definition) is 6. The average Bonchev–Trinajstić information content (AvgIpc) is 3.26. The van der Waals surface area contributed by atoms with Gasteiger partial charge in [0, 0.05) is 43.7 Å². The lowest BCUT2D eigenvalue weighted by molar-refractivity contribution is 0.0500. The highest BCUT2D eigenvalue weighted by molar-refractivity contribution is 7.11. The molecule has 0 spiro atoms. The second-order valence-electron chi connectivity index (χ2n) is 7.19. The summed E-state index contributed by atoms with van der Waals surface area (Å²) < 4.78 is 0. The molecular formula is C19H27N3OS2. The lowest BCUT2D eigenvalue weighted by atomic mass is 10.0. The Morgan fingerprint density at radius 3 is 2.92 bits per heavy atom. The molecule has 1 unspecified atom stereocenters. The summed E-state index contributed by atoms with van der Waals surface area (Å²) in [4.78, 5) is 11.5. The van der Waals surface area contributed by atoms with E-state index in [1.165, 1.54) is 46.8 Å². The van der Waals surface area contributed by atoms with E-state index < -0.39 is 0 Å². The standard InChI is InChI=1S/C19H27N3OS2/c23-9-5-16-12-21(7-8-22(16)11-15-6-10-24-14-15)13-19-20-17-3-1-2-4-18(17)25-19/h6,10,14,16,23H,1-5,7-9,11-13H2. The minimum Gasteiger partial charge on any atom is -0.396 e. The van der Waals surface area contributed by atoms with Gasteiger partial charge in [0.2, 0.25) is 0 Å². The molecule has 1 atom stereocenters. The van der Waals surface area contributed by atoms with Gasteiger partial charge in [-0.05, 0) is 54.5 Å². The summed E-state index contributed by atoms with van der Waals surface area (Å²) in [5.41, 5.74) is 2.77. The molecule has 3 heterocycles. The Balaban J connectivity index is 1.38. The van der Waals surface area contributed by atoms with Crippen molar-refractivity contribution in [2.75, 3.05) is 26.2 Å². The molecule has 0 aromatic carbocycles. The fraction of sp³-hybridized carbons (Fsp3) is 0.632. The fourth-order valence-electron chi connectivity index (χ4n) is 4.01. The van der Waals surface area contributed by atoms with Crippen LogP contribution >= 0.6 is 22.7 Å². The molecule has 2 aromatic rings. The molecule has 1 aliphatic heterocycles. The zero-order chi connectivity index (χ0) is 17.1. The Kier molecular flexibility index (Phi) is 5.83. The quantitative estimate of drug-likeness (QED) is 0.839. The van der Waals surface area contributed by atoms with Gasteiger partial charge in [-0.2, -0.15) is 11.3 Å². The number of aryl methyl sites for hydroxylation is 2. The van der Waals surface area contributed by atoms with Gasteiger partial charge >= 0.3 is 0 Å². The molecule has 4 rings (SSSR count). The molecule has 0 amide bonds. The number of thiazole rings is 1. The summed E-state index contributed by atoms with van der Waals surface area (Å²) in [5.74, 6) is 0. The van der Waals surface area contributed by atoms with Crippen molar-refractivity contribution < 1.29 is 5.11 Å². The Morgan fingerprint density at radius 1 is 1.20 bits per heavy atom. The summed E-state index contributed by atoms with van der Waals surface area (Å²) in [5, 5.41) is 15.2. The van der Waals surface area contributed by atoms with Crippen LogP contribution in [0.3, 0.4) is 0 Å². The van der Waals surface area contributed by atoms with Crippen molar-refractivity contribution in [1.82, 2.24) is 14.8 Å². The number of hydrogen-bond donors (Lipinski definition) is 1. The second-order valence-corrected chi connectivity index (χ2v) is 9.14. The first kappa shape index (κ1) is 17.6. The summed E-state index contributed by atoms with van der Waals surface area (Å²) in [7, 11) is 0. The zero-order valence-electron chi connectivity index (χ0n) is 14.7. The minimum atomic E-state index is 0.268. The van der Waals surface area contributed by atoms with Crippen LogP contribution in [0.1, 0.15) is 40.4 Å². The first-order valence-electron chi connectivity index (χ1n) is 9.37. The molecule has 6 heteroatoms. The van der Waals surface area contributed by atoms with Crippen molar-refractivity contribution in [3.63, 3.8) is 0 Å². The Labute approximate surface area is 158 Å². The third-order valence-corrected chi connectivity index (χ3v) is 7.24. The molecule has 136 valence electrons. The number of thiophene rings is 1. The van der Waals surface area contributed by atoms with Gasteiger partial charge in [-0.25, -0.2) is 4.98 Å². The van der Waals surface area contributed by atoms with Crippen LogP contribution < -0.4 is 0 Å². The number of fused-ring (bicyclic) bond motifs is 1. The van der Waals surface area contributed by atoms with Crippen LogP contribution in [0.2, 0.25) is 0 Å². The maximum absolute atomic E-state index is 9.50. The summed E-state index contributed by atoms with van der Waals surface area (Å²) in [6, 6.07) is 2.65. The summed E-state index contributed by atoms with van der Waals surface area (Å²) in [6.07, 6.45) is 5.89. The fourth-order valence-corrected chi connectivity index (χ4v) is 5.87. The molecule has 2 aliphatic rings. The van der Waals surface area contributed by atoms with Crippen LogP contribution in [0.5, 0.6) is 0 Å². The van der Waals surface area contributed by atoms with Gasteiger partial charge < -0.3 is 5.11 Å². The molecule has 1 fully saturated rings. The number of rotatable bonds is 6. The van der Waals surface area contributed by atoms with E-state index in [2.05, 4.69) is 26.6 Å². The molecule has 0 radical (unpaired) electrons. The molecule has 0 saturated carbocycles.